The number of aromatic nitrogens is 1. The maximum absolute atomic E-state index is 10.5. The Balaban J connectivity index is 2.01. The van der Waals surface area contributed by atoms with Crippen LogP contribution in [0.5, 0.6) is 0 Å². The summed E-state index contributed by atoms with van der Waals surface area (Å²) in [6, 6.07) is 0. The third-order valence-electron chi connectivity index (χ3n) is 4.12. The van der Waals surface area contributed by atoms with Crippen molar-refractivity contribution in [2.45, 2.75) is 58.5 Å². The Kier molecular flexibility index (Phi) is 4.27. The van der Waals surface area contributed by atoms with E-state index in [1.165, 1.54) is 0 Å². The molecule has 1 fully saturated rings. The van der Waals surface area contributed by atoms with E-state index in [-0.39, 0.29) is 11.5 Å². The highest BCUT2D eigenvalue weighted by atomic mass is 32.1. The van der Waals surface area contributed by atoms with Gasteiger partial charge < -0.3 is 14.7 Å². The molecule has 2 heterocycles. The molecular weight excluding hydrogens is 272 g/mol. The lowest BCUT2D eigenvalue weighted by Gasteiger charge is -2.30. The zero-order valence-electron chi connectivity index (χ0n) is 13.3. The van der Waals surface area contributed by atoms with Crippen molar-refractivity contribution < 1.29 is 9.84 Å². The van der Waals surface area contributed by atoms with Gasteiger partial charge in [0.15, 0.2) is 0 Å². The van der Waals surface area contributed by atoms with Crippen molar-refractivity contribution in [2.24, 2.45) is 5.92 Å². The van der Waals surface area contributed by atoms with Crippen LogP contribution in [-0.2, 0) is 11.3 Å². The van der Waals surface area contributed by atoms with Gasteiger partial charge in [-0.05, 0) is 41.7 Å². The van der Waals surface area contributed by atoms with Crippen LogP contribution in [-0.4, -0.2) is 45.9 Å². The van der Waals surface area contributed by atoms with Crippen LogP contribution >= 0.6 is 11.3 Å². The molecule has 1 aromatic heterocycles. The fraction of sp³-hybridized carbons (Fsp3) is 0.800. The first kappa shape index (κ1) is 15.9. The van der Waals surface area contributed by atoms with E-state index in [1.54, 1.807) is 11.3 Å². The highest BCUT2D eigenvalue weighted by molar-refractivity contribution is 7.09. The van der Waals surface area contributed by atoms with Crippen molar-refractivity contribution in [3.8, 4) is 0 Å². The molecule has 1 aliphatic rings. The average Bonchev–Trinajstić information content (AvgIpc) is 2.74. The molecule has 1 saturated heterocycles. The zero-order valence-corrected chi connectivity index (χ0v) is 14.1. The van der Waals surface area contributed by atoms with Gasteiger partial charge in [0.2, 0.25) is 0 Å². The van der Waals surface area contributed by atoms with Crippen molar-refractivity contribution in [1.82, 2.24) is 9.88 Å². The highest BCUT2D eigenvalue weighted by Gasteiger charge is 2.53. The van der Waals surface area contributed by atoms with Crippen molar-refractivity contribution in [3.63, 3.8) is 0 Å². The van der Waals surface area contributed by atoms with E-state index < -0.39 is 11.7 Å². The molecule has 1 aromatic rings. The third-order valence-corrected chi connectivity index (χ3v) is 4.94. The fourth-order valence-electron chi connectivity index (χ4n) is 3.16. The molecule has 0 amide bonds. The van der Waals surface area contributed by atoms with E-state index in [4.69, 9.17) is 4.74 Å². The fourth-order valence-corrected chi connectivity index (χ4v) is 3.76. The first-order valence-corrected chi connectivity index (χ1v) is 7.97. The number of aliphatic hydroxyl groups is 1. The van der Waals surface area contributed by atoms with Gasteiger partial charge in [0, 0.05) is 24.4 Å². The molecule has 1 N–H and O–H groups in total. The van der Waals surface area contributed by atoms with Gasteiger partial charge in [-0.3, -0.25) is 0 Å². The first-order chi connectivity index (χ1) is 9.12. The lowest BCUT2D eigenvalue weighted by molar-refractivity contribution is -0.0913. The number of ether oxygens (including phenoxy) is 1. The molecule has 4 nitrogen and oxygen atoms in total. The largest absolute Gasteiger partial charge is 0.390 e. The minimum absolute atomic E-state index is 0.0993. The number of hydrogen-bond donors (Lipinski definition) is 1. The molecular formula is C15H26N2O2S. The summed E-state index contributed by atoms with van der Waals surface area (Å²) in [7, 11) is 2.07. The van der Waals surface area contributed by atoms with E-state index in [1.807, 2.05) is 20.8 Å². The highest BCUT2D eigenvalue weighted by Crippen LogP contribution is 2.42. The van der Waals surface area contributed by atoms with Gasteiger partial charge >= 0.3 is 0 Å². The molecule has 114 valence electrons. The molecule has 5 heteroatoms. The quantitative estimate of drug-likeness (QED) is 0.927. The summed E-state index contributed by atoms with van der Waals surface area (Å²) >= 11 is 1.68. The molecule has 0 aromatic carbocycles. The number of rotatable bonds is 4. The van der Waals surface area contributed by atoms with Crippen LogP contribution in [0, 0.1) is 12.8 Å². The van der Waals surface area contributed by atoms with Crippen molar-refractivity contribution >= 4 is 11.3 Å². The standard InChI is InChI=1S/C15H26N2O2S/c1-10-16-11(9-20-10)7-17(6)8-12-13(18)15(4,5)19-14(12,2)3/h9,12-13,18H,7-8H2,1-6H3. The maximum Gasteiger partial charge on any atom is 0.0897 e. The average molecular weight is 298 g/mol. The van der Waals surface area contributed by atoms with Gasteiger partial charge in [0.1, 0.15) is 0 Å². The Morgan fingerprint density at radius 2 is 2.00 bits per heavy atom. The zero-order chi connectivity index (χ0) is 15.1. The molecule has 2 rings (SSSR count). The van der Waals surface area contributed by atoms with Gasteiger partial charge in [-0.25, -0.2) is 4.98 Å². The Labute approximate surface area is 125 Å². The van der Waals surface area contributed by atoms with E-state index in [9.17, 15) is 5.11 Å². The summed E-state index contributed by atoms with van der Waals surface area (Å²) in [6.07, 6.45) is -0.447. The van der Waals surface area contributed by atoms with Gasteiger partial charge in [-0.15, -0.1) is 11.3 Å². The monoisotopic (exact) mass is 298 g/mol. The summed E-state index contributed by atoms with van der Waals surface area (Å²) in [5.74, 6) is 0.0993. The van der Waals surface area contributed by atoms with Crippen LogP contribution in [0.1, 0.15) is 38.4 Å². The summed E-state index contributed by atoms with van der Waals surface area (Å²) in [4.78, 5) is 6.71. The second-order valence-electron chi connectivity index (χ2n) is 6.91. The number of aryl methyl sites for hydroxylation is 1. The predicted octanol–water partition coefficient (Wildman–Crippen LogP) is 2.45. The van der Waals surface area contributed by atoms with Gasteiger partial charge in [0.05, 0.1) is 28.0 Å². The Bertz CT molecular complexity index is 470. The summed E-state index contributed by atoms with van der Waals surface area (Å²) in [5, 5.41) is 13.7. The van der Waals surface area contributed by atoms with E-state index in [0.717, 1.165) is 23.8 Å². The lowest BCUT2D eigenvalue weighted by Crippen LogP contribution is -2.42. The molecule has 1 aliphatic heterocycles. The van der Waals surface area contributed by atoms with Crippen molar-refractivity contribution in [3.05, 3.63) is 16.1 Å². The molecule has 20 heavy (non-hydrogen) atoms. The lowest BCUT2D eigenvalue weighted by atomic mass is 9.84. The van der Waals surface area contributed by atoms with Crippen molar-refractivity contribution in [2.75, 3.05) is 13.6 Å². The summed E-state index contributed by atoms with van der Waals surface area (Å²) in [6.45, 7) is 11.7. The van der Waals surface area contributed by atoms with Crippen LogP contribution in [0.15, 0.2) is 5.38 Å². The molecule has 2 atom stereocenters. The third kappa shape index (κ3) is 3.22. The first-order valence-electron chi connectivity index (χ1n) is 7.09. The SMILES string of the molecule is Cc1nc(CN(C)CC2C(O)C(C)(C)OC2(C)C)cs1. The second-order valence-corrected chi connectivity index (χ2v) is 7.98. The second kappa shape index (κ2) is 5.37. The number of nitrogens with zero attached hydrogens (tertiary/aromatic N) is 2. The molecule has 0 saturated carbocycles. The molecule has 0 bridgehead atoms. The number of aliphatic hydroxyl groups excluding tert-OH is 1. The number of hydrogen-bond acceptors (Lipinski definition) is 5. The van der Waals surface area contributed by atoms with Crippen LogP contribution in [0.3, 0.4) is 0 Å². The van der Waals surface area contributed by atoms with Gasteiger partial charge in [-0.1, -0.05) is 0 Å². The summed E-state index contributed by atoms with van der Waals surface area (Å²) < 4.78 is 6.03. The molecule has 0 radical (unpaired) electrons. The predicted molar refractivity (Wildman–Crippen MR) is 81.9 cm³/mol. The maximum atomic E-state index is 10.5. The Morgan fingerprint density at radius 1 is 1.35 bits per heavy atom. The minimum atomic E-state index is -0.480. The smallest absolute Gasteiger partial charge is 0.0897 e. The van der Waals surface area contributed by atoms with E-state index in [2.05, 4.69) is 36.2 Å². The van der Waals surface area contributed by atoms with E-state index >= 15 is 0 Å². The van der Waals surface area contributed by atoms with Crippen molar-refractivity contribution in [1.29, 1.82) is 0 Å². The molecule has 2 unspecified atom stereocenters. The normalized spacial score (nSPS) is 28.2. The Morgan fingerprint density at radius 3 is 2.45 bits per heavy atom. The van der Waals surface area contributed by atoms with Gasteiger partial charge in [0.25, 0.3) is 0 Å². The van der Waals surface area contributed by atoms with Crippen LogP contribution in [0.4, 0.5) is 0 Å². The van der Waals surface area contributed by atoms with Crippen LogP contribution < -0.4 is 0 Å². The van der Waals surface area contributed by atoms with E-state index in [0.29, 0.717) is 0 Å². The topological polar surface area (TPSA) is 45.6 Å². The van der Waals surface area contributed by atoms with Crippen LogP contribution in [0.2, 0.25) is 0 Å². The minimum Gasteiger partial charge on any atom is -0.390 e. The number of thiazole rings is 1. The Hall–Kier alpha value is -0.490. The summed E-state index contributed by atoms with van der Waals surface area (Å²) in [5.41, 5.74) is 0.307. The van der Waals surface area contributed by atoms with Gasteiger partial charge in [-0.2, -0.15) is 0 Å². The van der Waals surface area contributed by atoms with Crippen LogP contribution in [0.25, 0.3) is 0 Å². The molecule has 0 aliphatic carbocycles. The molecule has 0 spiro atoms.